The van der Waals surface area contributed by atoms with Crippen molar-refractivity contribution in [3.8, 4) is 0 Å². The maximum atomic E-state index is 13.1. The molecule has 3 rings (SSSR count). The fourth-order valence-corrected chi connectivity index (χ4v) is 4.01. The summed E-state index contributed by atoms with van der Waals surface area (Å²) >= 11 is 0. The van der Waals surface area contributed by atoms with Crippen molar-refractivity contribution in [2.24, 2.45) is 10.9 Å². The van der Waals surface area contributed by atoms with Crippen LogP contribution >= 0.6 is 0 Å². The van der Waals surface area contributed by atoms with Crippen LogP contribution in [-0.4, -0.2) is 37.8 Å². The van der Waals surface area contributed by atoms with Gasteiger partial charge in [-0.3, -0.25) is 4.99 Å². The highest BCUT2D eigenvalue weighted by atomic mass is 19.1. The molecule has 0 unspecified atom stereocenters. The molecule has 1 heterocycles. The van der Waals surface area contributed by atoms with E-state index in [9.17, 15) is 19.7 Å². The summed E-state index contributed by atoms with van der Waals surface area (Å²) in [6.07, 6.45) is 0.659. The van der Waals surface area contributed by atoms with Gasteiger partial charge in [0.1, 0.15) is 11.9 Å². The van der Waals surface area contributed by atoms with Gasteiger partial charge in [-0.05, 0) is 44.0 Å². The van der Waals surface area contributed by atoms with Crippen LogP contribution in [0.25, 0.3) is 0 Å². The molecule has 1 saturated carbocycles. The van der Waals surface area contributed by atoms with Crippen molar-refractivity contribution in [2.75, 3.05) is 0 Å². The Balaban J connectivity index is 1.86. The first-order chi connectivity index (χ1) is 12.8. The number of rotatable bonds is 5. The van der Waals surface area contributed by atoms with Gasteiger partial charge in [0.05, 0.1) is 18.2 Å². The highest BCUT2D eigenvalue weighted by molar-refractivity contribution is 6.00. The van der Waals surface area contributed by atoms with E-state index in [1.54, 1.807) is 0 Å². The molecule has 1 aromatic carbocycles. The quantitative estimate of drug-likeness (QED) is 0.706. The smallest absolute Gasteiger partial charge is 0.123 e. The third-order valence-electron chi connectivity index (χ3n) is 5.52. The summed E-state index contributed by atoms with van der Waals surface area (Å²) in [6, 6.07) is 7.10. The van der Waals surface area contributed by atoms with Crippen molar-refractivity contribution >= 4 is 5.71 Å². The van der Waals surface area contributed by atoms with Gasteiger partial charge in [0.15, 0.2) is 0 Å². The monoisotopic (exact) mass is 372 g/mol. The van der Waals surface area contributed by atoms with Crippen molar-refractivity contribution in [2.45, 2.75) is 44.6 Å². The molecule has 6 heteroatoms. The number of benzene rings is 1. The molecule has 0 amide bonds. The van der Waals surface area contributed by atoms with Gasteiger partial charge in [0.2, 0.25) is 0 Å². The van der Waals surface area contributed by atoms with Crippen molar-refractivity contribution in [3.05, 3.63) is 71.9 Å². The Hall–Kier alpha value is -2.28. The van der Waals surface area contributed by atoms with Gasteiger partial charge in [-0.15, -0.1) is 0 Å². The SMILES string of the molecule is C=CN=C(C)c1ccn([C@@H]2C[C@H]([C@@H](O)c3ccc(F)cc3)[C@@H](O)[C@H]2O)c1C. The molecule has 0 radical (unpaired) electrons. The lowest BCUT2D eigenvalue weighted by Crippen LogP contribution is -2.31. The maximum absolute atomic E-state index is 13.1. The Morgan fingerprint density at radius 1 is 1.26 bits per heavy atom. The first kappa shape index (κ1) is 19.5. The van der Waals surface area contributed by atoms with Crippen LogP contribution in [-0.2, 0) is 0 Å². The van der Waals surface area contributed by atoms with E-state index in [1.165, 1.54) is 30.5 Å². The molecule has 27 heavy (non-hydrogen) atoms. The molecule has 144 valence electrons. The topological polar surface area (TPSA) is 78.0 Å². The largest absolute Gasteiger partial charge is 0.390 e. The molecule has 1 aliphatic carbocycles. The summed E-state index contributed by atoms with van der Waals surface area (Å²) < 4.78 is 15.0. The van der Waals surface area contributed by atoms with E-state index < -0.39 is 24.2 Å². The maximum Gasteiger partial charge on any atom is 0.123 e. The predicted octanol–water partition coefficient (Wildman–Crippen LogP) is 2.90. The van der Waals surface area contributed by atoms with Crippen molar-refractivity contribution in [3.63, 3.8) is 0 Å². The van der Waals surface area contributed by atoms with Crippen LogP contribution < -0.4 is 0 Å². The molecule has 0 bridgehead atoms. The van der Waals surface area contributed by atoms with E-state index in [1.807, 2.05) is 30.7 Å². The molecule has 2 aromatic rings. The zero-order chi connectivity index (χ0) is 19.7. The molecule has 0 saturated heterocycles. The van der Waals surface area contributed by atoms with Crippen LogP contribution in [0.2, 0.25) is 0 Å². The van der Waals surface area contributed by atoms with Crippen LogP contribution in [0, 0.1) is 18.7 Å². The number of halogens is 1. The minimum atomic E-state index is -1.08. The van der Waals surface area contributed by atoms with Crippen LogP contribution in [0.15, 0.2) is 54.3 Å². The molecule has 1 aromatic heterocycles. The lowest BCUT2D eigenvalue weighted by Gasteiger charge is -2.22. The number of aromatic nitrogens is 1. The predicted molar refractivity (Wildman–Crippen MR) is 102 cm³/mol. The molecule has 1 aliphatic rings. The lowest BCUT2D eigenvalue weighted by molar-refractivity contribution is -0.0267. The number of aliphatic imine (C=N–C) groups is 1. The Bertz CT molecular complexity index is 844. The molecule has 0 spiro atoms. The molecular weight excluding hydrogens is 347 g/mol. The van der Waals surface area contributed by atoms with Crippen molar-refractivity contribution in [1.29, 1.82) is 0 Å². The standard InChI is InChI=1S/C21H25FN2O3/c1-4-23-12(2)16-9-10-24(13(16)3)18-11-17(20(26)21(18)27)19(25)14-5-7-15(22)8-6-14/h4-10,17-21,25-27H,1,11H2,2-3H3/t17-,18-,19+,20-,21+/m1/s1. The van der Waals surface area contributed by atoms with Gasteiger partial charge in [0.25, 0.3) is 0 Å². The number of nitrogens with zero attached hydrogens (tertiary/aromatic N) is 2. The Kier molecular flexibility index (Phi) is 5.60. The summed E-state index contributed by atoms with van der Waals surface area (Å²) in [5.41, 5.74) is 3.20. The third-order valence-corrected chi connectivity index (χ3v) is 5.52. The molecule has 3 N–H and O–H groups in total. The van der Waals surface area contributed by atoms with E-state index in [-0.39, 0.29) is 11.9 Å². The normalized spacial score (nSPS) is 27.0. The van der Waals surface area contributed by atoms with E-state index >= 15 is 0 Å². The van der Waals surface area contributed by atoms with E-state index in [4.69, 9.17) is 0 Å². The van der Waals surface area contributed by atoms with Crippen molar-refractivity contribution in [1.82, 2.24) is 4.57 Å². The Morgan fingerprint density at radius 2 is 1.93 bits per heavy atom. The first-order valence-corrected chi connectivity index (χ1v) is 8.98. The zero-order valence-electron chi connectivity index (χ0n) is 15.5. The Morgan fingerprint density at radius 3 is 2.56 bits per heavy atom. The van der Waals surface area contributed by atoms with Gasteiger partial charge < -0.3 is 19.9 Å². The number of hydrogen-bond donors (Lipinski definition) is 3. The van der Waals surface area contributed by atoms with Gasteiger partial charge in [-0.1, -0.05) is 18.7 Å². The van der Waals surface area contributed by atoms with Gasteiger partial charge in [0, 0.05) is 35.3 Å². The fourth-order valence-electron chi connectivity index (χ4n) is 4.01. The number of aliphatic hydroxyl groups excluding tert-OH is 3. The molecule has 5 nitrogen and oxygen atoms in total. The summed E-state index contributed by atoms with van der Waals surface area (Å²) in [5.74, 6) is -0.938. The first-order valence-electron chi connectivity index (χ1n) is 8.98. The zero-order valence-corrected chi connectivity index (χ0v) is 15.5. The number of aliphatic hydroxyl groups is 3. The molecule has 5 atom stereocenters. The fraction of sp³-hybridized carbons (Fsp3) is 0.381. The third kappa shape index (κ3) is 3.60. The second kappa shape index (κ2) is 7.76. The second-order valence-electron chi connectivity index (χ2n) is 7.06. The summed E-state index contributed by atoms with van der Waals surface area (Å²) in [4.78, 5) is 4.20. The van der Waals surface area contributed by atoms with Gasteiger partial charge in [-0.2, -0.15) is 0 Å². The van der Waals surface area contributed by atoms with E-state index in [2.05, 4.69) is 11.6 Å². The van der Waals surface area contributed by atoms with Gasteiger partial charge >= 0.3 is 0 Å². The van der Waals surface area contributed by atoms with Gasteiger partial charge in [-0.25, -0.2) is 4.39 Å². The van der Waals surface area contributed by atoms with Crippen LogP contribution in [0.4, 0.5) is 4.39 Å². The van der Waals surface area contributed by atoms with Crippen molar-refractivity contribution < 1.29 is 19.7 Å². The van der Waals surface area contributed by atoms with E-state index in [0.29, 0.717) is 12.0 Å². The van der Waals surface area contributed by atoms with Crippen LogP contribution in [0.5, 0.6) is 0 Å². The molecule has 1 fully saturated rings. The van der Waals surface area contributed by atoms with E-state index in [0.717, 1.165) is 17.0 Å². The molecular formula is C21H25FN2O3. The van der Waals surface area contributed by atoms with Crippen LogP contribution in [0.3, 0.4) is 0 Å². The highest BCUT2D eigenvalue weighted by Crippen LogP contribution is 2.42. The average Bonchev–Trinajstić information content (AvgIpc) is 3.16. The lowest BCUT2D eigenvalue weighted by atomic mass is 9.92. The average molecular weight is 372 g/mol. The minimum Gasteiger partial charge on any atom is -0.390 e. The second-order valence-corrected chi connectivity index (χ2v) is 7.06. The summed E-state index contributed by atoms with van der Waals surface area (Å²) in [7, 11) is 0. The Labute approximate surface area is 158 Å². The summed E-state index contributed by atoms with van der Waals surface area (Å²) in [6.45, 7) is 7.42. The molecule has 0 aliphatic heterocycles. The number of hydrogen-bond acceptors (Lipinski definition) is 4. The summed E-state index contributed by atoms with van der Waals surface area (Å²) in [5, 5.41) is 31.8. The minimum absolute atomic E-state index is 0.370. The van der Waals surface area contributed by atoms with Crippen LogP contribution in [0.1, 0.15) is 42.3 Å². The highest BCUT2D eigenvalue weighted by Gasteiger charge is 2.46.